The Morgan fingerprint density at radius 3 is 1.73 bits per heavy atom. The Kier molecular flexibility index (Phi) is 8.31. The van der Waals surface area contributed by atoms with Gasteiger partial charge in [0.15, 0.2) is 23.0 Å². The molecule has 0 bridgehead atoms. The van der Waals surface area contributed by atoms with Crippen molar-refractivity contribution in [1.29, 1.82) is 0 Å². The van der Waals surface area contributed by atoms with E-state index in [1.807, 2.05) is 52.3 Å². The molecule has 0 saturated carbocycles. The molecule has 5 aliphatic rings. The van der Waals surface area contributed by atoms with Crippen LogP contribution in [0.5, 0.6) is 23.0 Å². The second-order valence-corrected chi connectivity index (χ2v) is 12.3. The van der Waals surface area contributed by atoms with E-state index >= 15 is 0 Å². The van der Waals surface area contributed by atoms with E-state index in [-0.39, 0.29) is 37.2 Å². The van der Waals surface area contributed by atoms with Crippen LogP contribution in [0.25, 0.3) is 12.2 Å². The van der Waals surface area contributed by atoms with E-state index in [0.29, 0.717) is 5.75 Å². The molecular formula is C36H40N2O6. The Labute approximate surface area is 258 Å². The summed E-state index contributed by atoms with van der Waals surface area (Å²) in [6, 6.07) is 11.8. The summed E-state index contributed by atoms with van der Waals surface area (Å²) in [7, 11) is 0. The lowest BCUT2D eigenvalue weighted by molar-refractivity contribution is -0.147. The third-order valence-corrected chi connectivity index (χ3v) is 9.51. The van der Waals surface area contributed by atoms with E-state index < -0.39 is 11.8 Å². The van der Waals surface area contributed by atoms with Gasteiger partial charge in [-0.2, -0.15) is 0 Å². The highest BCUT2D eigenvalue weighted by atomic mass is 16.7. The first-order valence-corrected chi connectivity index (χ1v) is 16.1. The number of fused-ring (bicyclic) bond motifs is 2. The van der Waals surface area contributed by atoms with Gasteiger partial charge in [-0.15, -0.1) is 0 Å². The lowest BCUT2D eigenvalue weighted by Crippen LogP contribution is -2.51. The van der Waals surface area contributed by atoms with E-state index in [2.05, 4.69) is 30.4 Å². The second-order valence-electron chi connectivity index (χ2n) is 12.3. The fourth-order valence-corrected chi connectivity index (χ4v) is 7.10. The highest BCUT2D eigenvalue weighted by Crippen LogP contribution is 2.41. The molecule has 0 unspecified atom stereocenters. The van der Waals surface area contributed by atoms with Crippen LogP contribution in [0, 0.1) is 23.7 Å². The van der Waals surface area contributed by atoms with Crippen LogP contribution >= 0.6 is 0 Å². The number of nitrogens with zero attached hydrogens (tertiary/aromatic N) is 2. The van der Waals surface area contributed by atoms with Gasteiger partial charge in [-0.05, 0) is 79.8 Å². The Morgan fingerprint density at radius 1 is 0.614 bits per heavy atom. The molecule has 2 saturated heterocycles. The zero-order valence-electron chi connectivity index (χ0n) is 25.1. The molecule has 4 atom stereocenters. The van der Waals surface area contributed by atoms with Gasteiger partial charge in [0.2, 0.25) is 25.4 Å². The van der Waals surface area contributed by atoms with Gasteiger partial charge < -0.3 is 28.7 Å². The Morgan fingerprint density at radius 2 is 1.14 bits per heavy atom. The van der Waals surface area contributed by atoms with Gasteiger partial charge in [0.1, 0.15) is 0 Å². The third kappa shape index (κ3) is 5.94. The summed E-state index contributed by atoms with van der Waals surface area (Å²) in [5, 5.41) is 0. The van der Waals surface area contributed by atoms with Crippen molar-refractivity contribution in [2.24, 2.45) is 23.7 Å². The monoisotopic (exact) mass is 596 g/mol. The fourth-order valence-electron chi connectivity index (χ4n) is 7.10. The largest absolute Gasteiger partial charge is 0.454 e. The molecule has 230 valence electrons. The quantitative estimate of drug-likeness (QED) is 0.385. The molecule has 0 spiro atoms. The van der Waals surface area contributed by atoms with E-state index in [0.717, 1.165) is 93.1 Å². The Hall–Kier alpha value is -4.20. The third-order valence-electron chi connectivity index (χ3n) is 9.51. The number of benzene rings is 2. The first-order chi connectivity index (χ1) is 21.6. The standard InChI is InChI=1S/C36H40N2O6/c39-35(37-17-3-1-4-18-37)29-14-12-27(11-7-25-9-15-30-32(21-25)43-23-41-30)28(34(29)36(40)38-19-5-2-6-20-38)13-8-26-10-16-31-33(22-26)44-24-42-31/h7-16,21-22,27-29,34H,1-6,17-20,23-24H2/b11-7+,13-8+/t27-,28-,29+,34+/m1/s1. The molecule has 1 aliphatic carbocycles. The number of carbonyl (C=O) groups excluding carboxylic acids is 2. The number of ether oxygens (including phenoxy) is 4. The van der Waals surface area contributed by atoms with Crippen molar-refractivity contribution < 1.29 is 28.5 Å². The van der Waals surface area contributed by atoms with E-state index in [1.54, 1.807) is 0 Å². The molecule has 4 aliphatic heterocycles. The van der Waals surface area contributed by atoms with Crippen LogP contribution in [0.1, 0.15) is 49.7 Å². The molecule has 8 nitrogen and oxygen atoms in total. The maximum absolute atomic E-state index is 14.5. The van der Waals surface area contributed by atoms with Gasteiger partial charge in [-0.1, -0.05) is 48.6 Å². The molecular weight excluding hydrogens is 556 g/mol. The van der Waals surface area contributed by atoms with Crippen LogP contribution in [-0.4, -0.2) is 61.4 Å². The minimum Gasteiger partial charge on any atom is -0.454 e. The molecule has 7 rings (SSSR count). The van der Waals surface area contributed by atoms with Crippen molar-refractivity contribution in [1.82, 2.24) is 9.80 Å². The molecule has 2 fully saturated rings. The Bertz CT molecular complexity index is 1470. The Balaban J connectivity index is 1.25. The van der Waals surface area contributed by atoms with Gasteiger partial charge in [-0.25, -0.2) is 0 Å². The summed E-state index contributed by atoms with van der Waals surface area (Å²) >= 11 is 0. The fraction of sp³-hybridized carbons (Fsp3) is 0.444. The highest BCUT2D eigenvalue weighted by molar-refractivity contribution is 5.90. The van der Waals surface area contributed by atoms with Crippen molar-refractivity contribution in [3.05, 3.63) is 71.8 Å². The molecule has 2 amide bonds. The molecule has 8 heteroatoms. The average molecular weight is 597 g/mol. The minimum absolute atomic E-state index is 0.0796. The normalized spacial score (nSPS) is 26.1. The molecule has 2 aromatic rings. The molecule has 2 aromatic carbocycles. The molecule has 44 heavy (non-hydrogen) atoms. The highest BCUT2D eigenvalue weighted by Gasteiger charge is 2.45. The first kappa shape index (κ1) is 28.6. The van der Waals surface area contributed by atoms with Gasteiger partial charge >= 0.3 is 0 Å². The smallest absolute Gasteiger partial charge is 0.231 e. The summed E-state index contributed by atoms with van der Waals surface area (Å²) in [5.41, 5.74) is 1.96. The topological polar surface area (TPSA) is 77.5 Å². The first-order valence-electron chi connectivity index (χ1n) is 16.1. The summed E-state index contributed by atoms with van der Waals surface area (Å²) in [4.78, 5) is 32.6. The SMILES string of the molecule is O=C([C@H]1[C@H](/C=C/c2ccc3c(c2)OCO3)[C@H](/C=C/c2ccc3c(c2)OCO3)C=C[C@@H]1C(=O)N1CCCCC1)N1CCCCC1. The minimum atomic E-state index is -0.496. The van der Waals surface area contributed by atoms with E-state index in [4.69, 9.17) is 18.9 Å². The van der Waals surface area contributed by atoms with Crippen molar-refractivity contribution >= 4 is 24.0 Å². The lowest BCUT2D eigenvalue weighted by Gasteiger charge is -2.41. The number of hydrogen-bond donors (Lipinski definition) is 0. The van der Waals surface area contributed by atoms with Crippen molar-refractivity contribution in [3.63, 3.8) is 0 Å². The summed E-state index contributed by atoms with van der Waals surface area (Å²) in [6.07, 6.45) is 18.9. The van der Waals surface area contributed by atoms with Crippen LogP contribution in [-0.2, 0) is 9.59 Å². The summed E-state index contributed by atoms with van der Waals surface area (Å²) in [6.45, 7) is 3.47. The number of carbonyl (C=O) groups is 2. The van der Waals surface area contributed by atoms with E-state index in [9.17, 15) is 9.59 Å². The predicted octanol–water partition coefficient (Wildman–Crippen LogP) is 5.93. The van der Waals surface area contributed by atoms with Crippen LogP contribution in [0.15, 0.2) is 60.7 Å². The molecule has 0 N–H and O–H groups in total. The summed E-state index contributed by atoms with van der Waals surface area (Å²) < 4.78 is 22.2. The van der Waals surface area contributed by atoms with Crippen molar-refractivity contribution in [2.45, 2.75) is 38.5 Å². The number of piperidine rings is 2. The lowest BCUT2D eigenvalue weighted by atomic mass is 9.68. The van der Waals surface area contributed by atoms with Crippen LogP contribution in [0.2, 0.25) is 0 Å². The van der Waals surface area contributed by atoms with Gasteiger partial charge in [0.05, 0.1) is 11.8 Å². The van der Waals surface area contributed by atoms with Gasteiger partial charge in [0, 0.05) is 32.1 Å². The maximum Gasteiger partial charge on any atom is 0.231 e. The van der Waals surface area contributed by atoms with Crippen molar-refractivity contribution in [3.8, 4) is 23.0 Å². The number of allylic oxidation sites excluding steroid dienone is 3. The second kappa shape index (κ2) is 12.8. The predicted molar refractivity (Wildman–Crippen MR) is 167 cm³/mol. The van der Waals surface area contributed by atoms with Crippen LogP contribution in [0.4, 0.5) is 0 Å². The number of amides is 2. The number of likely N-dealkylation sites (tertiary alicyclic amines) is 2. The van der Waals surface area contributed by atoms with Gasteiger partial charge in [0.25, 0.3) is 0 Å². The van der Waals surface area contributed by atoms with Crippen LogP contribution < -0.4 is 18.9 Å². The van der Waals surface area contributed by atoms with E-state index in [1.165, 1.54) is 0 Å². The van der Waals surface area contributed by atoms with Gasteiger partial charge in [-0.3, -0.25) is 9.59 Å². The average Bonchev–Trinajstić information content (AvgIpc) is 3.75. The van der Waals surface area contributed by atoms with Crippen molar-refractivity contribution in [2.75, 3.05) is 39.8 Å². The molecule has 0 aromatic heterocycles. The van der Waals surface area contributed by atoms with Crippen LogP contribution in [0.3, 0.4) is 0 Å². The molecule has 4 heterocycles. The number of rotatable bonds is 6. The zero-order valence-corrected chi connectivity index (χ0v) is 25.1. The summed E-state index contributed by atoms with van der Waals surface area (Å²) in [5.74, 6) is 1.80. The number of hydrogen-bond acceptors (Lipinski definition) is 6. The molecule has 0 radical (unpaired) electrons. The zero-order chi connectivity index (χ0) is 29.9. The maximum atomic E-state index is 14.5.